The van der Waals surface area contributed by atoms with Crippen molar-refractivity contribution in [3.8, 4) is 11.3 Å². The Hall–Kier alpha value is -1.94. The highest BCUT2D eigenvalue weighted by Gasteiger charge is 2.15. The number of rotatable bonds is 3. The van der Waals surface area contributed by atoms with Crippen molar-refractivity contribution in [2.75, 3.05) is 6.61 Å². The molecule has 18 heavy (non-hydrogen) atoms. The summed E-state index contributed by atoms with van der Waals surface area (Å²) in [6.07, 6.45) is 1.53. The second-order valence-corrected chi connectivity index (χ2v) is 3.84. The standard InChI is InChI=1S/C13H11ClN2O2/c1-2-18-13(17)11-12(14)15-8-10(16-11)9-6-4-3-5-7-9/h3-8H,2H2,1H3. The predicted octanol–water partition coefficient (Wildman–Crippen LogP) is 2.97. The summed E-state index contributed by atoms with van der Waals surface area (Å²) in [5.41, 5.74) is 1.50. The number of benzene rings is 1. The van der Waals surface area contributed by atoms with Crippen LogP contribution in [0.5, 0.6) is 0 Å². The van der Waals surface area contributed by atoms with Gasteiger partial charge in [0.25, 0.3) is 0 Å². The minimum Gasteiger partial charge on any atom is -0.461 e. The molecule has 5 heteroatoms. The van der Waals surface area contributed by atoms with Crippen molar-refractivity contribution in [3.63, 3.8) is 0 Å². The summed E-state index contributed by atoms with van der Waals surface area (Å²) in [5, 5.41) is 0.0492. The molecule has 92 valence electrons. The van der Waals surface area contributed by atoms with Crippen LogP contribution in [0.1, 0.15) is 17.4 Å². The molecule has 4 nitrogen and oxygen atoms in total. The van der Waals surface area contributed by atoms with Crippen molar-refractivity contribution < 1.29 is 9.53 Å². The Morgan fingerprint density at radius 3 is 2.72 bits per heavy atom. The predicted molar refractivity (Wildman–Crippen MR) is 68.4 cm³/mol. The maximum atomic E-state index is 11.6. The molecule has 0 aliphatic rings. The molecule has 0 radical (unpaired) electrons. The van der Waals surface area contributed by atoms with Crippen LogP contribution in [0.15, 0.2) is 36.5 Å². The van der Waals surface area contributed by atoms with Gasteiger partial charge in [-0.3, -0.25) is 0 Å². The zero-order chi connectivity index (χ0) is 13.0. The van der Waals surface area contributed by atoms with E-state index in [1.165, 1.54) is 6.20 Å². The summed E-state index contributed by atoms with van der Waals surface area (Å²) in [5.74, 6) is -0.562. The summed E-state index contributed by atoms with van der Waals surface area (Å²) >= 11 is 5.84. The molecule has 0 unspecified atom stereocenters. The molecule has 0 amide bonds. The van der Waals surface area contributed by atoms with E-state index in [9.17, 15) is 4.79 Å². The first-order valence-electron chi connectivity index (χ1n) is 5.47. The van der Waals surface area contributed by atoms with Crippen molar-refractivity contribution in [1.82, 2.24) is 9.97 Å². The molecule has 0 bridgehead atoms. The van der Waals surface area contributed by atoms with E-state index in [0.717, 1.165) is 5.56 Å². The SMILES string of the molecule is CCOC(=O)c1nc(-c2ccccc2)cnc1Cl. The lowest BCUT2D eigenvalue weighted by atomic mass is 10.2. The number of esters is 1. The lowest BCUT2D eigenvalue weighted by molar-refractivity contribution is 0.0519. The van der Waals surface area contributed by atoms with Crippen molar-refractivity contribution in [2.24, 2.45) is 0 Å². The molecule has 2 rings (SSSR count). The molecule has 1 aromatic heterocycles. The van der Waals surface area contributed by atoms with E-state index in [4.69, 9.17) is 16.3 Å². The summed E-state index contributed by atoms with van der Waals surface area (Å²) in [6.45, 7) is 1.99. The van der Waals surface area contributed by atoms with E-state index >= 15 is 0 Å². The van der Waals surface area contributed by atoms with E-state index in [1.807, 2.05) is 30.3 Å². The molecule has 0 N–H and O–H groups in total. The Kier molecular flexibility index (Phi) is 3.89. The van der Waals surface area contributed by atoms with Crippen LogP contribution in [-0.4, -0.2) is 22.5 Å². The Balaban J connectivity index is 2.41. The number of nitrogens with zero attached hydrogens (tertiary/aromatic N) is 2. The van der Waals surface area contributed by atoms with Crippen LogP contribution >= 0.6 is 11.6 Å². The number of hydrogen-bond donors (Lipinski definition) is 0. The highest BCUT2D eigenvalue weighted by Crippen LogP contribution is 2.19. The average Bonchev–Trinajstić information content (AvgIpc) is 2.40. The van der Waals surface area contributed by atoms with Gasteiger partial charge in [-0.15, -0.1) is 0 Å². The molecule has 0 fully saturated rings. The monoisotopic (exact) mass is 262 g/mol. The lowest BCUT2D eigenvalue weighted by Crippen LogP contribution is -2.09. The maximum absolute atomic E-state index is 11.6. The average molecular weight is 263 g/mol. The summed E-state index contributed by atoms with van der Waals surface area (Å²) in [4.78, 5) is 19.8. The second-order valence-electron chi connectivity index (χ2n) is 3.48. The summed E-state index contributed by atoms with van der Waals surface area (Å²) < 4.78 is 4.87. The van der Waals surface area contributed by atoms with Gasteiger partial charge in [0.2, 0.25) is 0 Å². The number of hydrogen-bond acceptors (Lipinski definition) is 4. The van der Waals surface area contributed by atoms with Gasteiger partial charge in [0.1, 0.15) is 0 Å². The fraction of sp³-hybridized carbons (Fsp3) is 0.154. The second kappa shape index (κ2) is 5.60. The molecule has 0 spiro atoms. The van der Waals surface area contributed by atoms with Gasteiger partial charge >= 0.3 is 5.97 Å². The van der Waals surface area contributed by atoms with Crippen molar-refractivity contribution >= 4 is 17.6 Å². The van der Waals surface area contributed by atoms with Gasteiger partial charge in [-0.2, -0.15) is 0 Å². The van der Waals surface area contributed by atoms with Gasteiger partial charge in [0, 0.05) is 5.56 Å². The third kappa shape index (κ3) is 2.65. The zero-order valence-electron chi connectivity index (χ0n) is 9.76. The van der Waals surface area contributed by atoms with Crippen LogP contribution in [0.3, 0.4) is 0 Å². The minimum atomic E-state index is -0.562. The van der Waals surface area contributed by atoms with Crippen LogP contribution in [0, 0.1) is 0 Å². The molecule has 0 aliphatic heterocycles. The smallest absolute Gasteiger partial charge is 0.360 e. The zero-order valence-corrected chi connectivity index (χ0v) is 10.5. The van der Waals surface area contributed by atoms with Gasteiger partial charge in [-0.1, -0.05) is 41.9 Å². The highest BCUT2D eigenvalue weighted by molar-refractivity contribution is 6.32. The van der Waals surface area contributed by atoms with E-state index in [0.29, 0.717) is 5.69 Å². The fourth-order valence-corrected chi connectivity index (χ4v) is 1.62. The van der Waals surface area contributed by atoms with Crippen LogP contribution in [0.4, 0.5) is 0 Å². The van der Waals surface area contributed by atoms with Crippen LogP contribution in [0.25, 0.3) is 11.3 Å². The van der Waals surface area contributed by atoms with E-state index in [2.05, 4.69) is 9.97 Å². The van der Waals surface area contributed by atoms with E-state index in [1.54, 1.807) is 6.92 Å². The van der Waals surface area contributed by atoms with Gasteiger partial charge in [-0.25, -0.2) is 14.8 Å². The summed E-state index contributed by atoms with van der Waals surface area (Å²) in [7, 11) is 0. The van der Waals surface area contributed by atoms with Crippen molar-refractivity contribution in [1.29, 1.82) is 0 Å². The molecule has 0 aliphatic carbocycles. The number of carbonyl (C=O) groups is 1. The molecular weight excluding hydrogens is 252 g/mol. The summed E-state index contributed by atoms with van der Waals surface area (Å²) in [6, 6.07) is 9.43. The Bertz CT molecular complexity index is 558. The first-order valence-corrected chi connectivity index (χ1v) is 5.85. The van der Waals surface area contributed by atoms with E-state index < -0.39 is 5.97 Å². The normalized spacial score (nSPS) is 10.1. The molecule has 0 saturated carbocycles. The molecule has 1 heterocycles. The molecule has 1 aromatic carbocycles. The van der Waals surface area contributed by atoms with Gasteiger partial charge in [-0.05, 0) is 6.92 Å². The van der Waals surface area contributed by atoms with Crippen LogP contribution < -0.4 is 0 Å². The Labute approximate surface area is 110 Å². The third-order valence-corrected chi connectivity index (χ3v) is 2.54. The number of aromatic nitrogens is 2. The van der Waals surface area contributed by atoms with Crippen LogP contribution in [0.2, 0.25) is 5.15 Å². The Morgan fingerprint density at radius 1 is 1.33 bits per heavy atom. The lowest BCUT2D eigenvalue weighted by Gasteiger charge is -2.05. The van der Waals surface area contributed by atoms with Gasteiger partial charge in [0.15, 0.2) is 10.8 Å². The largest absolute Gasteiger partial charge is 0.461 e. The van der Waals surface area contributed by atoms with Crippen molar-refractivity contribution in [2.45, 2.75) is 6.92 Å². The van der Waals surface area contributed by atoms with E-state index in [-0.39, 0.29) is 17.5 Å². The number of ether oxygens (including phenoxy) is 1. The van der Waals surface area contributed by atoms with Crippen molar-refractivity contribution in [3.05, 3.63) is 47.4 Å². The first-order chi connectivity index (χ1) is 8.72. The number of carbonyl (C=O) groups excluding carboxylic acids is 1. The Morgan fingerprint density at radius 2 is 2.06 bits per heavy atom. The highest BCUT2D eigenvalue weighted by atomic mass is 35.5. The van der Waals surface area contributed by atoms with Crippen LogP contribution in [-0.2, 0) is 4.74 Å². The molecule has 2 aromatic rings. The number of halogens is 1. The topological polar surface area (TPSA) is 52.1 Å². The molecule has 0 saturated heterocycles. The molecular formula is C13H11ClN2O2. The third-order valence-electron chi connectivity index (χ3n) is 2.27. The minimum absolute atomic E-state index is 0.0415. The fourth-order valence-electron chi connectivity index (χ4n) is 1.45. The maximum Gasteiger partial charge on any atom is 0.360 e. The van der Waals surface area contributed by atoms with Gasteiger partial charge in [0.05, 0.1) is 18.5 Å². The van der Waals surface area contributed by atoms with Gasteiger partial charge < -0.3 is 4.74 Å². The quantitative estimate of drug-likeness (QED) is 0.798. The molecule has 0 atom stereocenters. The first kappa shape index (κ1) is 12.5.